The van der Waals surface area contributed by atoms with Crippen molar-refractivity contribution in [2.45, 2.75) is 0 Å². The second-order valence-corrected chi connectivity index (χ2v) is 4.60. The van der Waals surface area contributed by atoms with Crippen LogP contribution in [0.4, 0.5) is 5.69 Å². The molecule has 0 atom stereocenters. The van der Waals surface area contributed by atoms with Gasteiger partial charge in [-0.25, -0.2) is 0 Å². The van der Waals surface area contributed by atoms with Gasteiger partial charge in [-0.05, 0) is 6.07 Å². The van der Waals surface area contributed by atoms with E-state index in [4.69, 9.17) is 0 Å². The molecule has 1 aromatic heterocycles. The Hall–Kier alpha value is -3.38. The second kappa shape index (κ2) is 4.32. The van der Waals surface area contributed by atoms with Crippen molar-refractivity contribution in [1.82, 2.24) is 4.57 Å². The minimum atomic E-state index is -0.628. The minimum Gasteiger partial charge on any atom is -0.343 e. The van der Waals surface area contributed by atoms with E-state index in [1.54, 1.807) is 17.7 Å². The van der Waals surface area contributed by atoms with E-state index in [0.29, 0.717) is 10.9 Å². The highest BCUT2D eigenvalue weighted by Crippen LogP contribution is 2.36. The van der Waals surface area contributed by atoms with Crippen molar-refractivity contribution >= 4 is 27.5 Å². The van der Waals surface area contributed by atoms with E-state index in [1.165, 1.54) is 6.07 Å². The van der Waals surface area contributed by atoms with Crippen LogP contribution in [0.1, 0.15) is 11.1 Å². The zero-order valence-corrected chi connectivity index (χ0v) is 11.0. The van der Waals surface area contributed by atoms with E-state index in [-0.39, 0.29) is 16.8 Å². The molecule has 3 rings (SSSR count). The Morgan fingerprint density at radius 2 is 1.81 bits per heavy atom. The van der Waals surface area contributed by atoms with E-state index >= 15 is 0 Å². The lowest BCUT2D eigenvalue weighted by molar-refractivity contribution is -0.385. The van der Waals surface area contributed by atoms with Crippen LogP contribution in [-0.2, 0) is 7.05 Å². The minimum absolute atomic E-state index is 0.0542. The summed E-state index contributed by atoms with van der Waals surface area (Å²) in [6, 6.07) is 12.5. The Kier molecular flexibility index (Phi) is 2.60. The number of hydrogen-bond donors (Lipinski definition) is 0. The number of benzene rings is 2. The molecular formula is C15H8N4O2. The van der Waals surface area contributed by atoms with E-state index in [2.05, 4.69) is 0 Å². The Morgan fingerprint density at radius 3 is 2.43 bits per heavy atom. The molecule has 0 N–H and O–H groups in total. The van der Waals surface area contributed by atoms with Gasteiger partial charge in [0.2, 0.25) is 0 Å². The maximum Gasteiger partial charge on any atom is 0.290 e. The van der Waals surface area contributed by atoms with Gasteiger partial charge in [0.1, 0.15) is 17.7 Å². The first-order valence-electron chi connectivity index (χ1n) is 6.09. The lowest BCUT2D eigenvalue weighted by Gasteiger charge is -2.02. The third-order valence-corrected chi connectivity index (χ3v) is 3.60. The molecule has 0 unspecified atom stereocenters. The highest BCUT2D eigenvalue weighted by Gasteiger charge is 2.24. The Balaban J connectivity index is 2.69. The molecular weight excluding hydrogens is 268 g/mol. The summed E-state index contributed by atoms with van der Waals surface area (Å²) in [7, 11) is 1.78. The van der Waals surface area contributed by atoms with Gasteiger partial charge in [0.05, 0.1) is 16.0 Å². The molecule has 0 aliphatic heterocycles. The van der Waals surface area contributed by atoms with Crippen LogP contribution < -0.4 is 0 Å². The van der Waals surface area contributed by atoms with Crippen LogP contribution in [0.3, 0.4) is 0 Å². The summed E-state index contributed by atoms with van der Waals surface area (Å²) in [4.78, 5) is 10.5. The first-order chi connectivity index (χ1) is 10.1. The van der Waals surface area contributed by atoms with Gasteiger partial charge in [-0.1, -0.05) is 18.2 Å². The molecule has 0 saturated carbocycles. The molecule has 0 amide bonds. The van der Waals surface area contributed by atoms with Gasteiger partial charge in [0, 0.05) is 29.4 Å². The lowest BCUT2D eigenvalue weighted by Crippen LogP contribution is -1.97. The number of nitro groups is 1. The number of rotatable bonds is 1. The van der Waals surface area contributed by atoms with Crippen molar-refractivity contribution in [3.8, 4) is 12.1 Å². The predicted octanol–water partition coefficient (Wildman–Crippen LogP) is 2.98. The van der Waals surface area contributed by atoms with Crippen molar-refractivity contribution in [2.24, 2.45) is 7.05 Å². The molecule has 1 heterocycles. The van der Waals surface area contributed by atoms with Gasteiger partial charge < -0.3 is 4.57 Å². The topological polar surface area (TPSA) is 95.7 Å². The van der Waals surface area contributed by atoms with E-state index in [0.717, 1.165) is 10.9 Å². The summed E-state index contributed by atoms with van der Waals surface area (Å²) in [5.74, 6) is 0. The number of nitrogens with zero attached hydrogens (tertiary/aromatic N) is 4. The molecule has 0 fully saturated rings. The van der Waals surface area contributed by atoms with E-state index in [9.17, 15) is 20.6 Å². The van der Waals surface area contributed by atoms with Crippen molar-refractivity contribution in [3.63, 3.8) is 0 Å². The van der Waals surface area contributed by atoms with Crippen LogP contribution in [0.5, 0.6) is 0 Å². The van der Waals surface area contributed by atoms with Crippen LogP contribution in [0.2, 0.25) is 0 Å². The summed E-state index contributed by atoms with van der Waals surface area (Å²) in [6.45, 7) is 0. The van der Waals surface area contributed by atoms with Crippen LogP contribution in [-0.4, -0.2) is 9.49 Å². The molecule has 0 spiro atoms. The molecule has 3 aromatic rings. The standard InChI is InChI=1S/C15H8N4O2/c1-18-12-5-3-2-4-9(12)15-11(8-17)10(7-16)13(19(20)21)6-14(15)18/h2-6H,1H3. The van der Waals surface area contributed by atoms with Crippen molar-refractivity contribution in [3.05, 3.63) is 51.6 Å². The van der Waals surface area contributed by atoms with Crippen LogP contribution in [0.25, 0.3) is 21.8 Å². The zero-order chi connectivity index (χ0) is 15.1. The smallest absolute Gasteiger partial charge is 0.290 e. The normalized spacial score (nSPS) is 10.4. The first kappa shape index (κ1) is 12.6. The summed E-state index contributed by atoms with van der Waals surface area (Å²) in [5.41, 5.74) is 0.948. The highest BCUT2D eigenvalue weighted by molar-refractivity contribution is 6.12. The Labute approximate surface area is 119 Å². The number of aromatic nitrogens is 1. The molecule has 6 heteroatoms. The fourth-order valence-corrected chi connectivity index (χ4v) is 2.67. The van der Waals surface area contributed by atoms with Gasteiger partial charge in [-0.2, -0.15) is 10.5 Å². The number of fused-ring (bicyclic) bond motifs is 3. The Bertz CT molecular complexity index is 1000. The first-order valence-corrected chi connectivity index (χ1v) is 6.09. The van der Waals surface area contributed by atoms with Gasteiger partial charge in [0.25, 0.3) is 5.69 Å². The predicted molar refractivity (Wildman–Crippen MR) is 76.5 cm³/mol. The monoisotopic (exact) mass is 276 g/mol. The van der Waals surface area contributed by atoms with Crippen molar-refractivity contribution in [2.75, 3.05) is 0 Å². The highest BCUT2D eigenvalue weighted by atomic mass is 16.6. The number of nitro benzene ring substituents is 1. The quantitative estimate of drug-likeness (QED) is 0.504. The molecule has 0 saturated heterocycles. The van der Waals surface area contributed by atoms with Crippen molar-refractivity contribution in [1.29, 1.82) is 10.5 Å². The van der Waals surface area contributed by atoms with Crippen LogP contribution in [0.15, 0.2) is 30.3 Å². The molecule has 0 bridgehead atoms. The third-order valence-electron chi connectivity index (χ3n) is 3.60. The SMILES string of the molecule is Cn1c2ccccc2c2c(C#N)c(C#N)c([N+](=O)[O-])cc21. The average Bonchev–Trinajstić information content (AvgIpc) is 2.79. The van der Waals surface area contributed by atoms with Gasteiger partial charge in [-0.3, -0.25) is 10.1 Å². The van der Waals surface area contributed by atoms with Gasteiger partial charge in [-0.15, -0.1) is 0 Å². The molecule has 0 radical (unpaired) electrons. The maximum absolute atomic E-state index is 11.2. The molecule has 0 aliphatic carbocycles. The summed E-state index contributed by atoms with van der Waals surface area (Å²) >= 11 is 0. The average molecular weight is 276 g/mol. The van der Waals surface area contributed by atoms with Gasteiger partial charge >= 0.3 is 0 Å². The van der Waals surface area contributed by atoms with Crippen LogP contribution >= 0.6 is 0 Å². The Morgan fingerprint density at radius 1 is 1.14 bits per heavy atom. The number of para-hydroxylation sites is 1. The molecule has 0 aliphatic rings. The maximum atomic E-state index is 11.2. The third kappa shape index (κ3) is 1.57. The fraction of sp³-hybridized carbons (Fsp3) is 0.0667. The molecule has 100 valence electrons. The van der Waals surface area contributed by atoms with Crippen molar-refractivity contribution < 1.29 is 4.92 Å². The second-order valence-electron chi connectivity index (χ2n) is 4.60. The van der Waals surface area contributed by atoms with Gasteiger partial charge in [0.15, 0.2) is 0 Å². The summed E-state index contributed by atoms with van der Waals surface area (Å²) in [6.07, 6.45) is 0. The lowest BCUT2D eigenvalue weighted by atomic mass is 10.0. The number of hydrogen-bond acceptors (Lipinski definition) is 4. The zero-order valence-electron chi connectivity index (χ0n) is 11.0. The summed E-state index contributed by atoms with van der Waals surface area (Å²) < 4.78 is 1.79. The van der Waals surface area contributed by atoms with E-state index in [1.807, 2.05) is 30.3 Å². The van der Waals surface area contributed by atoms with Crippen LogP contribution in [0, 0.1) is 32.8 Å². The molecule has 21 heavy (non-hydrogen) atoms. The fourth-order valence-electron chi connectivity index (χ4n) is 2.67. The summed E-state index contributed by atoms with van der Waals surface area (Å²) in [5, 5.41) is 31.1. The number of aryl methyl sites for hydroxylation is 1. The van der Waals surface area contributed by atoms with E-state index < -0.39 is 4.92 Å². The number of nitriles is 2. The molecule has 2 aromatic carbocycles. The molecule has 6 nitrogen and oxygen atoms in total. The largest absolute Gasteiger partial charge is 0.343 e.